The monoisotopic (exact) mass is 222 g/mol. The van der Waals surface area contributed by atoms with Gasteiger partial charge in [0.05, 0.1) is 0 Å². The molecule has 0 spiro atoms. The number of hydrogen-bond acceptors (Lipinski definition) is 3. The normalized spacial score (nSPS) is 12.1. The molecule has 0 saturated heterocycles. The minimum atomic E-state index is -0.216. The van der Waals surface area contributed by atoms with Gasteiger partial charge in [-0.3, -0.25) is 0 Å². The van der Waals surface area contributed by atoms with E-state index in [4.69, 9.17) is 5.73 Å². The van der Waals surface area contributed by atoms with Gasteiger partial charge in [-0.2, -0.15) is 0 Å². The zero-order chi connectivity index (χ0) is 12.3. The number of phenolic OH excluding ortho intramolecular Hbond substituents is 1. The highest BCUT2D eigenvalue weighted by atomic mass is 16.3. The van der Waals surface area contributed by atoms with Crippen LogP contribution in [0, 0.1) is 0 Å². The van der Waals surface area contributed by atoms with Crippen LogP contribution in [0.2, 0.25) is 0 Å². The summed E-state index contributed by atoms with van der Waals surface area (Å²) in [6.07, 6.45) is 0.813. The summed E-state index contributed by atoms with van der Waals surface area (Å²) in [4.78, 5) is 2.03. The molecule has 1 aromatic carbocycles. The van der Waals surface area contributed by atoms with Gasteiger partial charge in [-0.25, -0.2) is 0 Å². The van der Waals surface area contributed by atoms with Crippen molar-refractivity contribution in [1.82, 2.24) is 4.90 Å². The molecule has 0 amide bonds. The molecule has 0 fully saturated rings. The van der Waals surface area contributed by atoms with Crippen molar-refractivity contribution >= 4 is 0 Å². The lowest BCUT2D eigenvalue weighted by Crippen LogP contribution is -2.34. The summed E-state index contributed by atoms with van der Waals surface area (Å²) in [5.41, 5.74) is 7.89. The van der Waals surface area contributed by atoms with Crippen LogP contribution in [0.5, 0.6) is 5.75 Å². The first kappa shape index (κ1) is 13.0. The molecule has 0 unspecified atom stereocenters. The summed E-state index contributed by atoms with van der Waals surface area (Å²) < 4.78 is 0. The Morgan fingerprint density at radius 1 is 1.31 bits per heavy atom. The third kappa shape index (κ3) is 4.21. The van der Waals surface area contributed by atoms with Crippen LogP contribution in [-0.2, 0) is 13.0 Å². The van der Waals surface area contributed by atoms with E-state index in [2.05, 4.69) is 0 Å². The Balaban J connectivity index is 2.89. The molecule has 90 valence electrons. The van der Waals surface area contributed by atoms with Crippen LogP contribution in [0.25, 0.3) is 0 Å². The second kappa shape index (κ2) is 4.85. The highest BCUT2D eigenvalue weighted by Gasteiger charge is 2.13. The van der Waals surface area contributed by atoms with E-state index in [0.29, 0.717) is 5.75 Å². The van der Waals surface area contributed by atoms with Crippen molar-refractivity contribution in [2.75, 3.05) is 14.1 Å². The number of benzene rings is 1. The fraction of sp³-hybridized carbons (Fsp3) is 0.538. The van der Waals surface area contributed by atoms with E-state index in [1.54, 1.807) is 6.07 Å². The number of phenols is 1. The van der Waals surface area contributed by atoms with Crippen molar-refractivity contribution in [3.63, 3.8) is 0 Å². The van der Waals surface area contributed by atoms with E-state index >= 15 is 0 Å². The van der Waals surface area contributed by atoms with Crippen molar-refractivity contribution in [2.45, 2.75) is 32.4 Å². The molecule has 3 nitrogen and oxygen atoms in total. The average Bonchev–Trinajstić information content (AvgIpc) is 2.07. The van der Waals surface area contributed by atoms with Crippen LogP contribution in [0.4, 0.5) is 0 Å². The standard InChI is InChI=1S/C13H22N2O/c1-13(2,14)8-10-5-6-12(16)11(7-10)9-15(3)4/h5-7,16H,8-9,14H2,1-4H3. The Morgan fingerprint density at radius 3 is 2.44 bits per heavy atom. The molecule has 0 bridgehead atoms. The predicted molar refractivity (Wildman–Crippen MR) is 67.5 cm³/mol. The zero-order valence-corrected chi connectivity index (χ0v) is 10.6. The molecule has 1 aromatic rings. The second-order valence-electron chi connectivity index (χ2n) is 5.37. The summed E-state index contributed by atoms with van der Waals surface area (Å²) in [7, 11) is 3.97. The molecule has 3 N–H and O–H groups in total. The van der Waals surface area contributed by atoms with E-state index in [0.717, 1.165) is 18.5 Å². The first-order chi connectivity index (χ1) is 7.28. The fourth-order valence-electron chi connectivity index (χ4n) is 1.74. The van der Waals surface area contributed by atoms with E-state index in [9.17, 15) is 5.11 Å². The number of hydrogen-bond donors (Lipinski definition) is 2. The van der Waals surface area contributed by atoms with Crippen molar-refractivity contribution in [2.24, 2.45) is 5.73 Å². The van der Waals surface area contributed by atoms with Gasteiger partial charge in [-0.05, 0) is 46.0 Å². The number of nitrogens with two attached hydrogens (primary N) is 1. The predicted octanol–water partition coefficient (Wildman–Crippen LogP) is 1.73. The molecule has 0 aliphatic heterocycles. The number of nitrogens with zero attached hydrogens (tertiary/aromatic N) is 1. The molecule has 0 radical (unpaired) electrons. The summed E-state index contributed by atoms with van der Waals surface area (Å²) in [5.74, 6) is 0.354. The molecule has 0 atom stereocenters. The van der Waals surface area contributed by atoms with Crippen LogP contribution in [-0.4, -0.2) is 29.6 Å². The maximum Gasteiger partial charge on any atom is 0.120 e. The summed E-state index contributed by atoms with van der Waals surface area (Å²) >= 11 is 0. The molecule has 3 heteroatoms. The lowest BCUT2D eigenvalue weighted by Gasteiger charge is -2.19. The van der Waals surface area contributed by atoms with Gasteiger partial charge in [0.15, 0.2) is 0 Å². The van der Waals surface area contributed by atoms with Crippen LogP contribution in [0.3, 0.4) is 0 Å². The molecule has 0 heterocycles. The first-order valence-electron chi connectivity index (χ1n) is 5.52. The highest BCUT2D eigenvalue weighted by Crippen LogP contribution is 2.21. The SMILES string of the molecule is CN(C)Cc1cc(CC(C)(C)N)ccc1O. The van der Waals surface area contributed by atoms with Crippen molar-refractivity contribution in [3.05, 3.63) is 29.3 Å². The Hall–Kier alpha value is -1.06. The van der Waals surface area contributed by atoms with Gasteiger partial charge < -0.3 is 15.7 Å². The van der Waals surface area contributed by atoms with Crippen molar-refractivity contribution in [1.29, 1.82) is 0 Å². The van der Waals surface area contributed by atoms with E-state index in [1.807, 2.05) is 45.0 Å². The minimum Gasteiger partial charge on any atom is -0.508 e. The van der Waals surface area contributed by atoms with Gasteiger partial charge >= 0.3 is 0 Å². The van der Waals surface area contributed by atoms with Gasteiger partial charge in [-0.1, -0.05) is 12.1 Å². The third-order valence-corrected chi connectivity index (χ3v) is 2.29. The van der Waals surface area contributed by atoms with Crippen LogP contribution in [0.15, 0.2) is 18.2 Å². The molecule has 0 aromatic heterocycles. The molecule has 1 rings (SSSR count). The molecule has 0 aliphatic rings. The highest BCUT2D eigenvalue weighted by molar-refractivity contribution is 5.36. The van der Waals surface area contributed by atoms with E-state index < -0.39 is 0 Å². The Bertz CT molecular complexity index is 353. The number of aromatic hydroxyl groups is 1. The zero-order valence-electron chi connectivity index (χ0n) is 10.6. The summed E-state index contributed by atoms with van der Waals surface area (Å²) in [6.45, 7) is 4.75. The maximum absolute atomic E-state index is 9.72. The van der Waals surface area contributed by atoms with Crippen LogP contribution in [0.1, 0.15) is 25.0 Å². The minimum absolute atomic E-state index is 0.216. The Labute approximate surface area is 97.9 Å². The number of rotatable bonds is 4. The lowest BCUT2D eigenvalue weighted by molar-refractivity contribution is 0.385. The van der Waals surface area contributed by atoms with Gasteiger partial charge in [0, 0.05) is 17.6 Å². The largest absolute Gasteiger partial charge is 0.508 e. The fourth-order valence-corrected chi connectivity index (χ4v) is 1.74. The smallest absolute Gasteiger partial charge is 0.120 e. The second-order valence-corrected chi connectivity index (χ2v) is 5.37. The van der Waals surface area contributed by atoms with Crippen LogP contribution >= 0.6 is 0 Å². The topological polar surface area (TPSA) is 49.5 Å². The Morgan fingerprint density at radius 2 is 1.94 bits per heavy atom. The lowest BCUT2D eigenvalue weighted by atomic mass is 9.95. The van der Waals surface area contributed by atoms with Gasteiger partial charge in [0.1, 0.15) is 5.75 Å². The average molecular weight is 222 g/mol. The van der Waals surface area contributed by atoms with Crippen molar-refractivity contribution < 1.29 is 5.11 Å². The molecular formula is C13H22N2O. The Kier molecular flexibility index (Phi) is 3.94. The van der Waals surface area contributed by atoms with Crippen molar-refractivity contribution in [3.8, 4) is 5.75 Å². The van der Waals surface area contributed by atoms with E-state index in [-0.39, 0.29) is 5.54 Å². The first-order valence-corrected chi connectivity index (χ1v) is 5.52. The molecule has 0 saturated carbocycles. The van der Waals surface area contributed by atoms with Gasteiger partial charge in [0.2, 0.25) is 0 Å². The summed E-state index contributed by atoms with van der Waals surface area (Å²) in [5, 5.41) is 9.72. The van der Waals surface area contributed by atoms with E-state index in [1.165, 1.54) is 5.56 Å². The maximum atomic E-state index is 9.72. The summed E-state index contributed by atoms with van der Waals surface area (Å²) in [6, 6.07) is 5.72. The van der Waals surface area contributed by atoms with Crippen LogP contribution < -0.4 is 5.73 Å². The third-order valence-electron chi connectivity index (χ3n) is 2.29. The van der Waals surface area contributed by atoms with Gasteiger partial charge in [0.25, 0.3) is 0 Å². The quantitative estimate of drug-likeness (QED) is 0.815. The molecular weight excluding hydrogens is 200 g/mol. The molecule has 16 heavy (non-hydrogen) atoms. The van der Waals surface area contributed by atoms with Gasteiger partial charge in [-0.15, -0.1) is 0 Å². The molecule has 0 aliphatic carbocycles.